The van der Waals surface area contributed by atoms with E-state index < -0.39 is 0 Å². The second-order valence-corrected chi connectivity index (χ2v) is 5.48. The highest BCUT2D eigenvalue weighted by molar-refractivity contribution is 6.30. The molecular formula is C13H21Cl2NO. The van der Waals surface area contributed by atoms with Gasteiger partial charge in [-0.2, -0.15) is 0 Å². The molecule has 0 radical (unpaired) electrons. The molecule has 0 heterocycles. The van der Waals surface area contributed by atoms with Crippen molar-refractivity contribution >= 4 is 24.0 Å². The third-order valence-electron chi connectivity index (χ3n) is 2.00. The molecule has 1 N–H and O–H groups in total. The average Bonchev–Trinajstić information content (AvgIpc) is 2.15. The van der Waals surface area contributed by atoms with E-state index in [1.807, 2.05) is 24.3 Å². The quantitative estimate of drug-likeness (QED) is 0.828. The second kappa shape index (κ2) is 7.80. The summed E-state index contributed by atoms with van der Waals surface area (Å²) in [5.74, 6) is 0.824. The lowest BCUT2D eigenvalue weighted by molar-refractivity contribution is 0.297. The topological polar surface area (TPSA) is 21.3 Å². The molecule has 0 saturated heterocycles. The largest absolute Gasteiger partial charge is 0.492 e. The van der Waals surface area contributed by atoms with Gasteiger partial charge in [-0.25, -0.2) is 0 Å². The summed E-state index contributed by atoms with van der Waals surface area (Å²) in [4.78, 5) is 0. The number of ether oxygens (including phenoxy) is 1. The zero-order chi connectivity index (χ0) is 12.0. The first kappa shape index (κ1) is 16.6. The van der Waals surface area contributed by atoms with Crippen LogP contribution in [0.1, 0.15) is 20.8 Å². The van der Waals surface area contributed by atoms with Gasteiger partial charge >= 0.3 is 0 Å². The number of hydrogen-bond donors (Lipinski definition) is 1. The summed E-state index contributed by atoms with van der Waals surface area (Å²) in [5.41, 5.74) is 0.316. The van der Waals surface area contributed by atoms with E-state index in [2.05, 4.69) is 26.1 Å². The molecule has 0 amide bonds. The molecule has 17 heavy (non-hydrogen) atoms. The number of benzene rings is 1. The fourth-order valence-corrected chi connectivity index (χ4v) is 1.44. The number of nitrogens with one attached hydrogen (secondary N) is 1. The SMILES string of the molecule is CC(C)(C)CNCCOc1cccc(Cl)c1.Cl. The van der Waals surface area contributed by atoms with Crippen molar-refractivity contribution in [3.8, 4) is 5.75 Å². The number of halogens is 2. The fourth-order valence-electron chi connectivity index (χ4n) is 1.26. The zero-order valence-corrected chi connectivity index (χ0v) is 12.2. The lowest BCUT2D eigenvalue weighted by atomic mass is 9.97. The molecule has 1 aromatic carbocycles. The van der Waals surface area contributed by atoms with Gasteiger partial charge in [0.05, 0.1) is 0 Å². The van der Waals surface area contributed by atoms with E-state index in [0.717, 1.165) is 18.8 Å². The van der Waals surface area contributed by atoms with Crippen LogP contribution in [-0.4, -0.2) is 19.7 Å². The van der Waals surface area contributed by atoms with Crippen LogP contribution >= 0.6 is 24.0 Å². The Balaban J connectivity index is 0.00000256. The summed E-state index contributed by atoms with van der Waals surface area (Å²) in [7, 11) is 0. The van der Waals surface area contributed by atoms with Crippen molar-refractivity contribution in [2.24, 2.45) is 5.41 Å². The molecule has 0 spiro atoms. The molecule has 0 aromatic heterocycles. The minimum absolute atomic E-state index is 0. The van der Waals surface area contributed by atoms with E-state index >= 15 is 0 Å². The Morgan fingerprint density at radius 3 is 2.59 bits per heavy atom. The van der Waals surface area contributed by atoms with Crippen molar-refractivity contribution < 1.29 is 4.74 Å². The van der Waals surface area contributed by atoms with E-state index in [9.17, 15) is 0 Å². The molecule has 2 nitrogen and oxygen atoms in total. The van der Waals surface area contributed by atoms with Gasteiger partial charge in [-0.15, -0.1) is 12.4 Å². The summed E-state index contributed by atoms with van der Waals surface area (Å²) in [6, 6.07) is 7.47. The normalized spacial score (nSPS) is 10.8. The van der Waals surface area contributed by atoms with Crippen molar-refractivity contribution in [3.05, 3.63) is 29.3 Å². The Labute approximate surface area is 115 Å². The van der Waals surface area contributed by atoms with E-state index in [1.165, 1.54) is 0 Å². The maximum Gasteiger partial charge on any atom is 0.120 e. The molecule has 0 atom stereocenters. The molecule has 98 valence electrons. The fraction of sp³-hybridized carbons (Fsp3) is 0.538. The van der Waals surface area contributed by atoms with Crippen LogP contribution in [0.4, 0.5) is 0 Å². The van der Waals surface area contributed by atoms with Crippen molar-refractivity contribution in [2.45, 2.75) is 20.8 Å². The minimum atomic E-state index is 0. The highest BCUT2D eigenvalue weighted by Crippen LogP contribution is 2.16. The summed E-state index contributed by atoms with van der Waals surface area (Å²) < 4.78 is 5.55. The van der Waals surface area contributed by atoms with Gasteiger partial charge in [0.15, 0.2) is 0 Å². The Kier molecular flexibility index (Phi) is 7.60. The second-order valence-electron chi connectivity index (χ2n) is 5.04. The Bertz CT molecular complexity index is 323. The number of hydrogen-bond acceptors (Lipinski definition) is 2. The predicted octanol–water partition coefficient (Wildman–Crippen LogP) is 3.78. The molecule has 1 aromatic rings. The van der Waals surface area contributed by atoms with Gasteiger partial charge in [-0.1, -0.05) is 38.4 Å². The van der Waals surface area contributed by atoms with Gasteiger partial charge in [0.1, 0.15) is 12.4 Å². The van der Waals surface area contributed by atoms with Crippen molar-refractivity contribution in [1.29, 1.82) is 0 Å². The number of rotatable bonds is 5. The predicted molar refractivity (Wildman–Crippen MR) is 76.5 cm³/mol. The first-order valence-electron chi connectivity index (χ1n) is 5.56. The van der Waals surface area contributed by atoms with Crippen LogP contribution in [0.25, 0.3) is 0 Å². The summed E-state index contributed by atoms with van der Waals surface area (Å²) >= 11 is 5.85. The van der Waals surface area contributed by atoms with E-state index in [4.69, 9.17) is 16.3 Å². The average molecular weight is 278 g/mol. The molecule has 0 bridgehead atoms. The van der Waals surface area contributed by atoms with Crippen molar-refractivity contribution in [2.75, 3.05) is 19.7 Å². The molecule has 4 heteroatoms. The molecule has 1 rings (SSSR count). The molecule has 0 aliphatic rings. The van der Waals surface area contributed by atoms with Crippen LogP contribution in [0.2, 0.25) is 5.02 Å². The maximum atomic E-state index is 5.85. The maximum absolute atomic E-state index is 5.85. The minimum Gasteiger partial charge on any atom is -0.492 e. The Morgan fingerprint density at radius 1 is 1.29 bits per heavy atom. The lowest BCUT2D eigenvalue weighted by Crippen LogP contribution is -2.30. The molecule has 0 aliphatic carbocycles. The first-order chi connectivity index (χ1) is 7.47. The molecule has 0 unspecified atom stereocenters. The van der Waals surface area contributed by atoms with Gasteiger partial charge in [0.25, 0.3) is 0 Å². The highest BCUT2D eigenvalue weighted by Gasteiger charge is 2.08. The van der Waals surface area contributed by atoms with Crippen LogP contribution in [0.3, 0.4) is 0 Å². The Hall–Kier alpha value is -0.440. The van der Waals surface area contributed by atoms with Gasteiger partial charge in [0, 0.05) is 18.1 Å². The van der Waals surface area contributed by atoms with Crippen LogP contribution in [0, 0.1) is 5.41 Å². The monoisotopic (exact) mass is 277 g/mol. The van der Waals surface area contributed by atoms with Gasteiger partial charge < -0.3 is 10.1 Å². The summed E-state index contributed by atoms with van der Waals surface area (Å²) in [5, 5.41) is 4.06. The molecule has 0 fully saturated rings. The third kappa shape index (κ3) is 8.31. The van der Waals surface area contributed by atoms with E-state index in [-0.39, 0.29) is 12.4 Å². The van der Waals surface area contributed by atoms with Crippen LogP contribution in [0.5, 0.6) is 5.75 Å². The standard InChI is InChI=1S/C13H20ClNO.ClH/c1-13(2,3)10-15-7-8-16-12-6-4-5-11(14)9-12;/h4-6,9,15H,7-8,10H2,1-3H3;1H. The van der Waals surface area contributed by atoms with E-state index in [1.54, 1.807) is 0 Å². The van der Waals surface area contributed by atoms with Gasteiger partial charge in [-0.05, 0) is 23.6 Å². The zero-order valence-electron chi connectivity index (χ0n) is 10.6. The Morgan fingerprint density at radius 2 is 2.00 bits per heavy atom. The van der Waals surface area contributed by atoms with Gasteiger partial charge in [0.2, 0.25) is 0 Å². The van der Waals surface area contributed by atoms with Crippen molar-refractivity contribution in [3.63, 3.8) is 0 Å². The van der Waals surface area contributed by atoms with E-state index in [0.29, 0.717) is 17.0 Å². The highest BCUT2D eigenvalue weighted by atomic mass is 35.5. The molecule has 0 aliphatic heterocycles. The smallest absolute Gasteiger partial charge is 0.120 e. The molecular weight excluding hydrogens is 257 g/mol. The molecule has 0 saturated carbocycles. The van der Waals surface area contributed by atoms with Crippen molar-refractivity contribution in [1.82, 2.24) is 5.32 Å². The summed E-state index contributed by atoms with van der Waals surface area (Å²) in [6.45, 7) is 9.12. The lowest BCUT2D eigenvalue weighted by Gasteiger charge is -2.18. The first-order valence-corrected chi connectivity index (χ1v) is 5.94. The van der Waals surface area contributed by atoms with Crippen LogP contribution in [0.15, 0.2) is 24.3 Å². The van der Waals surface area contributed by atoms with Crippen LogP contribution in [-0.2, 0) is 0 Å². The van der Waals surface area contributed by atoms with Crippen LogP contribution < -0.4 is 10.1 Å². The van der Waals surface area contributed by atoms with Gasteiger partial charge in [-0.3, -0.25) is 0 Å². The summed E-state index contributed by atoms with van der Waals surface area (Å²) in [6.07, 6.45) is 0. The third-order valence-corrected chi connectivity index (χ3v) is 2.23.